The summed E-state index contributed by atoms with van der Waals surface area (Å²) in [6.45, 7) is 7.22. The lowest BCUT2D eigenvalue weighted by atomic mass is 10.2. The maximum atomic E-state index is 11.8. The van der Waals surface area contributed by atoms with Crippen LogP contribution in [0.25, 0.3) is 0 Å². The fourth-order valence-corrected chi connectivity index (χ4v) is 1.45. The van der Waals surface area contributed by atoms with Crippen LogP contribution in [-0.4, -0.2) is 21.7 Å². The Morgan fingerprint density at radius 1 is 1.47 bits per heavy atom. The van der Waals surface area contributed by atoms with Gasteiger partial charge < -0.3 is 20.8 Å². The Labute approximate surface area is 111 Å². The van der Waals surface area contributed by atoms with Crippen LogP contribution >= 0.6 is 0 Å². The molecule has 0 aromatic carbocycles. The summed E-state index contributed by atoms with van der Waals surface area (Å²) >= 11 is 0. The minimum atomic E-state index is -0.576. The van der Waals surface area contributed by atoms with Crippen LogP contribution < -0.4 is 16.6 Å². The van der Waals surface area contributed by atoms with Crippen molar-refractivity contribution in [3.63, 3.8) is 0 Å². The summed E-state index contributed by atoms with van der Waals surface area (Å²) in [6, 6.07) is 0. The molecule has 4 N–H and O–H groups in total. The lowest BCUT2D eigenvalue weighted by molar-refractivity contribution is 0.0523. The fraction of sp³-hybridized carbons (Fsp3) is 0.583. The van der Waals surface area contributed by atoms with Gasteiger partial charge in [-0.3, -0.25) is 4.79 Å². The van der Waals surface area contributed by atoms with Gasteiger partial charge in [-0.25, -0.2) is 9.78 Å². The third kappa shape index (κ3) is 4.70. The second-order valence-electron chi connectivity index (χ2n) is 5.14. The van der Waals surface area contributed by atoms with Crippen LogP contribution in [0.3, 0.4) is 0 Å². The molecule has 7 heteroatoms. The molecule has 0 spiro atoms. The quantitative estimate of drug-likeness (QED) is 0.742. The molecule has 0 saturated heterocycles. The number of ether oxygens (including phenoxy) is 1. The number of aromatic amines is 1. The largest absolute Gasteiger partial charge is 0.444 e. The summed E-state index contributed by atoms with van der Waals surface area (Å²) in [5.41, 5.74) is 5.46. The van der Waals surface area contributed by atoms with Gasteiger partial charge in [0.25, 0.3) is 5.56 Å². The predicted molar refractivity (Wildman–Crippen MR) is 70.6 cm³/mol. The number of nitrogens with two attached hydrogens (primary N) is 1. The zero-order chi connectivity index (χ0) is 14.6. The summed E-state index contributed by atoms with van der Waals surface area (Å²) in [5.74, 6) is 0.420. The molecule has 0 unspecified atom stereocenters. The molecule has 0 fully saturated rings. The number of rotatable bonds is 3. The number of carbonyl (C=O) groups is 1. The first-order valence-electron chi connectivity index (χ1n) is 5.98. The van der Waals surface area contributed by atoms with Gasteiger partial charge >= 0.3 is 6.09 Å². The van der Waals surface area contributed by atoms with Crippen LogP contribution in [0.4, 0.5) is 4.79 Å². The van der Waals surface area contributed by atoms with E-state index >= 15 is 0 Å². The number of aryl methyl sites for hydroxylation is 1. The van der Waals surface area contributed by atoms with Gasteiger partial charge in [-0.15, -0.1) is 0 Å². The van der Waals surface area contributed by atoms with E-state index in [9.17, 15) is 9.59 Å². The van der Waals surface area contributed by atoms with E-state index in [0.29, 0.717) is 17.1 Å². The SMILES string of the molecule is Cc1nc(CN)[nH]c(=O)c1CNC(=O)OC(C)(C)C. The number of amides is 1. The van der Waals surface area contributed by atoms with Crippen LogP contribution in [0, 0.1) is 6.92 Å². The second-order valence-corrected chi connectivity index (χ2v) is 5.14. The maximum Gasteiger partial charge on any atom is 0.407 e. The number of nitrogens with one attached hydrogen (secondary N) is 2. The Kier molecular flexibility index (Phi) is 4.66. The van der Waals surface area contributed by atoms with E-state index < -0.39 is 11.7 Å². The van der Waals surface area contributed by atoms with E-state index in [-0.39, 0.29) is 18.6 Å². The first kappa shape index (κ1) is 15.2. The summed E-state index contributed by atoms with van der Waals surface area (Å²) in [4.78, 5) is 30.0. The second kappa shape index (κ2) is 5.83. The van der Waals surface area contributed by atoms with E-state index in [2.05, 4.69) is 15.3 Å². The molecule has 19 heavy (non-hydrogen) atoms. The molecule has 0 aliphatic heterocycles. The molecule has 0 aliphatic rings. The van der Waals surface area contributed by atoms with Gasteiger partial charge in [-0.1, -0.05) is 0 Å². The Morgan fingerprint density at radius 3 is 2.58 bits per heavy atom. The van der Waals surface area contributed by atoms with E-state index in [4.69, 9.17) is 10.5 Å². The molecule has 7 nitrogen and oxygen atoms in total. The standard InChI is InChI=1S/C12H20N4O3/c1-7-8(10(17)16-9(5-13)15-7)6-14-11(18)19-12(2,3)4/h5-6,13H2,1-4H3,(H,14,18)(H,15,16,17). The lowest BCUT2D eigenvalue weighted by Gasteiger charge is -2.19. The summed E-state index contributed by atoms with van der Waals surface area (Å²) in [7, 11) is 0. The van der Waals surface area contributed by atoms with E-state index in [1.807, 2.05) is 0 Å². The third-order valence-corrected chi connectivity index (χ3v) is 2.27. The highest BCUT2D eigenvalue weighted by molar-refractivity contribution is 5.67. The number of aromatic nitrogens is 2. The van der Waals surface area contributed by atoms with Gasteiger partial charge in [-0.2, -0.15) is 0 Å². The van der Waals surface area contributed by atoms with Crippen molar-refractivity contribution in [2.75, 3.05) is 0 Å². The zero-order valence-electron chi connectivity index (χ0n) is 11.7. The molecule has 1 aromatic heterocycles. The smallest absolute Gasteiger partial charge is 0.407 e. The summed E-state index contributed by atoms with van der Waals surface area (Å²) in [5, 5.41) is 2.52. The van der Waals surface area contributed by atoms with Crippen molar-refractivity contribution in [3.05, 3.63) is 27.4 Å². The Hall–Kier alpha value is -1.89. The molecule has 0 radical (unpaired) electrons. The first-order valence-corrected chi connectivity index (χ1v) is 5.98. The third-order valence-electron chi connectivity index (χ3n) is 2.27. The fourth-order valence-electron chi connectivity index (χ4n) is 1.45. The van der Waals surface area contributed by atoms with Gasteiger partial charge in [0.1, 0.15) is 11.4 Å². The predicted octanol–water partition coefficient (Wildman–Crippen LogP) is 0.562. The number of nitrogens with zero attached hydrogens (tertiary/aromatic N) is 1. The molecule has 1 rings (SSSR count). The van der Waals surface area contributed by atoms with Crippen LogP contribution in [0.1, 0.15) is 37.9 Å². The zero-order valence-corrected chi connectivity index (χ0v) is 11.7. The normalized spacial score (nSPS) is 11.2. The van der Waals surface area contributed by atoms with Crippen molar-refractivity contribution >= 4 is 6.09 Å². The van der Waals surface area contributed by atoms with E-state index in [1.165, 1.54) is 0 Å². The molecule has 0 saturated carbocycles. The molecule has 1 heterocycles. The molecule has 0 bridgehead atoms. The molecule has 0 atom stereocenters. The van der Waals surface area contributed by atoms with Crippen molar-refractivity contribution in [1.82, 2.24) is 15.3 Å². The summed E-state index contributed by atoms with van der Waals surface area (Å²) < 4.78 is 5.08. The monoisotopic (exact) mass is 268 g/mol. The molecule has 1 amide bonds. The van der Waals surface area contributed by atoms with Crippen molar-refractivity contribution in [2.45, 2.75) is 46.4 Å². The minimum absolute atomic E-state index is 0.0634. The highest BCUT2D eigenvalue weighted by Crippen LogP contribution is 2.07. The summed E-state index contributed by atoms with van der Waals surface area (Å²) in [6.07, 6.45) is -0.575. The van der Waals surface area contributed by atoms with Gasteiger partial charge in [0.05, 0.1) is 18.7 Å². The van der Waals surface area contributed by atoms with Gasteiger partial charge in [0, 0.05) is 5.69 Å². The van der Waals surface area contributed by atoms with Gasteiger partial charge in [0.2, 0.25) is 0 Å². The number of hydrogen-bond acceptors (Lipinski definition) is 5. The highest BCUT2D eigenvalue weighted by Gasteiger charge is 2.16. The van der Waals surface area contributed by atoms with Crippen LogP contribution in [0.2, 0.25) is 0 Å². The lowest BCUT2D eigenvalue weighted by Crippen LogP contribution is -2.34. The van der Waals surface area contributed by atoms with E-state index in [1.54, 1.807) is 27.7 Å². The van der Waals surface area contributed by atoms with Crippen molar-refractivity contribution in [2.24, 2.45) is 5.73 Å². The Morgan fingerprint density at radius 2 is 2.11 bits per heavy atom. The van der Waals surface area contributed by atoms with Crippen LogP contribution in [0.5, 0.6) is 0 Å². The van der Waals surface area contributed by atoms with Crippen LogP contribution in [-0.2, 0) is 17.8 Å². The topological polar surface area (TPSA) is 110 Å². The molecule has 1 aromatic rings. The van der Waals surface area contributed by atoms with Gasteiger partial charge in [0.15, 0.2) is 0 Å². The number of H-pyrrole nitrogens is 1. The Balaban J connectivity index is 2.74. The Bertz CT molecular complexity index is 517. The number of carbonyl (C=O) groups excluding carboxylic acids is 1. The minimum Gasteiger partial charge on any atom is -0.444 e. The highest BCUT2D eigenvalue weighted by atomic mass is 16.6. The van der Waals surface area contributed by atoms with Gasteiger partial charge in [-0.05, 0) is 27.7 Å². The maximum absolute atomic E-state index is 11.8. The van der Waals surface area contributed by atoms with Crippen LogP contribution in [0.15, 0.2) is 4.79 Å². The van der Waals surface area contributed by atoms with E-state index in [0.717, 1.165) is 0 Å². The average molecular weight is 268 g/mol. The van der Waals surface area contributed by atoms with Crippen molar-refractivity contribution in [1.29, 1.82) is 0 Å². The number of hydrogen-bond donors (Lipinski definition) is 3. The average Bonchev–Trinajstić information content (AvgIpc) is 2.25. The first-order chi connectivity index (χ1) is 8.73. The van der Waals surface area contributed by atoms with Crippen molar-refractivity contribution < 1.29 is 9.53 Å². The number of alkyl carbamates (subject to hydrolysis) is 1. The van der Waals surface area contributed by atoms with Crippen molar-refractivity contribution in [3.8, 4) is 0 Å². The molecular formula is C12H20N4O3. The molecular weight excluding hydrogens is 248 g/mol. The molecule has 106 valence electrons. The molecule has 0 aliphatic carbocycles.